The number of hydrogen-bond donors (Lipinski definition) is 1. The van der Waals surface area contributed by atoms with Crippen molar-refractivity contribution in [1.82, 2.24) is 14.9 Å². The summed E-state index contributed by atoms with van der Waals surface area (Å²) in [6, 6.07) is 12.8. The summed E-state index contributed by atoms with van der Waals surface area (Å²) in [5.74, 6) is 1.22. The van der Waals surface area contributed by atoms with Gasteiger partial charge in [0.2, 0.25) is 0 Å². The molecule has 0 unspecified atom stereocenters. The number of nitrogens with zero attached hydrogens (tertiary/aromatic N) is 2. The molecule has 1 amide bonds. The van der Waals surface area contributed by atoms with Crippen LogP contribution in [0.3, 0.4) is 0 Å². The van der Waals surface area contributed by atoms with Gasteiger partial charge in [0.25, 0.3) is 5.91 Å². The average Bonchev–Trinajstić information content (AvgIpc) is 3.07. The fraction of sp³-hybridized carbons (Fsp3) is 0.238. The fourth-order valence-corrected chi connectivity index (χ4v) is 2.96. The lowest BCUT2D eigenvalue weighted by Crippen LogP contribution is -2.34. The van der Waals surface area contributed by atoms with Gasteiger partial charge in [0.15, 0.2) is 6.61 Å². The van der Waals surface area contributed by atoms with Crippen molar-refractivity contribution in [2.45, 2.75) is 19.9 Å². The van der Waals surface area contributed by atoms with Gasteiger partial charge in [-0.1, -0.05) is 35.9 Å². The van der Waals surface area contributed by atoms with Crippen LogP contribution in [-0.2, 0) is 11.8 Å². The second kappa shape index (κ2) is 8.27. The molecule has 1 heterocycles. The molecule has 0 aliphatic rings. The van der Waals surface area contributed by atoms with E-state index in [1.807, 2.05) is 62.0 Å². The molecule has 2 aromatic carbocycles. The zero-order valence-corrected chi connectivity index (χ0v) is 16.3. The standard InChI is InChI=1S/C21H22ClN3O2/c1-14-5-4-6-18(15(14)2)27-13-19(26)24-20(21-23-11-12-25(21)3)16-7-9-17(22)10-8-16/h4-12,20H,13H2,1-3H3,(H,24,26)/t20-/m0/s1. The van der Waals surface area contributed by atoms with Crippen LogP contribution in [0.4, 0.5) is 0 Å². The lowest BCUT2D eigenvalue weighted by atomic mass is 10.1. The second-order valence-corrected chi connectivity index (χ2v) is 6.87. The first-order valence-electron chi connectivity index (χ1n) is 8.67. The average molecular weight is 384 g/mol. The van der Waals surface area contributed by atoms with Gasteiger partial charge in [0, 0.05) is 24.5 Å². The minimum Gasteiger partial charge on any atom is -0.483 e. The maximum atomic E-state index is 12.6. The number of halogens is 1. The first kappa shape index (κ1) is 19.0. The Kier molecular flexibility index (Phi) is 5.81. The third-order valence-electron chi connectivity index (χ3n) is 4.54. The molecule has 0 aliphatic carbocycles. The topological polar surface area (TPSA) is 56.1 Å². The highest BCUT2D eigenvalue weighted by Crippen LogP contribution is 2.23. The Morgan fingerprint density at radius 1 is 1.22 bits per heavy atom. The van der Waals surface area contributed by atoms with E-state index in [0.717, 1.165) is 22.5 Å². The van der Waals surface area contributed by atoms with Gasteiger partial charge in [-0.15, -0.1) is 0 Å². The first-order valence-corrected chi connectivity index (χ1v) is 9.04. The molecule has 0 radical (unpaired) electrons. The SMILES string of the molecule is Cc1cccc(OCC(=O)N[C@@H](c2ccc(Cl)cc2)c2nccn2C)c1C. The number of carbonyl (C=O) groups excluding carboxylic acids is 1. The molecule has 3 aromatic rings. The van der Waals surface area contributed by atoms with Crippen LogP contribution in [0, 0.1) is 13.8 Å². The number of aromatic nitrogens is 2. The van der Waals surface area contributed by atoms with Gasteiger partial charge in [-0.25, -0.2) is 4.98 Å². The number of nitrogens with one attached hydrogen (secondary N) is 1. The lowest BCUT2D eigenvalue weighted by molar-refractivity contribution is -0.123. The molecule has 140 valence electrons. The highest BCUT2D eigenvalue weighted by molar-refractivity contribution is 6.30. The molecule has 27 heavy (non-hydrogen) atoms. The quantitative estimate of drug-likeness (QED) is 0.700. The molecule has 1 N–H and O–H groups in total. The van der Waals surface area contributed by atoms with Gasteiger partial charge in [-0.2, -0.15) is 0 Å². The number of imidazole rings is 1. The predicted octanol–water partition coefficient (Wildman–Crippen LogP) is 3.97. The van der Waals surface area contributed by atoms with Gasteiger partial charge in [-0.3, -0.25) is 4.79 Å². The first-order chi connectivity index (χ1) is 13.0. The summed E-state index contributed by atoms with van der Waals surface area (Å²) in [5.41, 5.74) is 3.05. The summed E-state index contributed by atoms with van der Waals surface area (Å²) in [7, 11) is 1.89. The summed E-state index contributed by atoms with van der Waals surface area (Å²) in [6.07, 6.45) is 3.55. The molecular formula is C21H22ClN3O2. The van der Waals surface area contributed by atoms with E-state index in [9.17, 15) is 4.79 Å². The van der Waals surface area contributed by atoms with Crippen molar-refractivity contribution in [3.63, 3.8) is 0 Å². The van der Waals surface area contributed by atoms with E-state index < -0.39 is 6.04 Å². The molecule has 1 aromatic heterocycles. The third-order valence-corrected chi connectivity index (χ3v) is 4.79. The van der Waals surface area contributed by atoms with Crippen LogP contribution in [-0.4, -0.2) is 22.1 Å². The van der Waals surface area contributed by atoms with E-state index in [4.69, 9.17) is 16.3 Å². The normalized spacial score (nSPS) is 11.9. The van der Waals surface area contributed by atoms with Crippen molar-refractivity contribution in [2.75, 3.05) is 6.61 Å². The molecule has 0 bridgehead atoms. The van der Waals surface area contributed by atoms with Crippen molar-refractivity contribution in [2.24, 2.45) is 7.05 Å². The van der Waals surface area contributed by atoms with Crippen LogP contribution >= 0.6 is 11.6 Å². The van der Waals surface area contributed by atoms with Gasteiger partial charge in [-0.05, 0) is 48.7 Å². The fourth-order valence-electron chi connectivity index (χ4n) is 2.83. The second-order valence-electron chi connectivity index (χ2n) is 6.44. The van der Waals surface area contributed by atoms with Crippen LogP contribution in [0.1, 0.15) is 28.6 Å². The molecule has 5 nitrogen and oxygen atoms in total. The Morgan fingerprint density at radius 3 is 2.63 bits per heavy atom. The van der Waals surface area contributed by atoms with E-state index in [2.05, 4.69) is 10.3 Å². The molecular weight excluding hydrogens is 362 g/mol. The number of ether oxygens (including phenoxy) is 1. The molecule has 3 rings (SSSR count). The summed E-state index contributed by atoms with van der Waals surface area (Å²) in [5, 5.41) is 3.65. The van der Waals surface area contributed by atoms with Crippen molar-refractivity contribution in [1.29, 1.82) is 0 Å². The van der Waals surface area contributed by atoms with Crippen LogP contribution in [0.15, 0.2) is 54.9 Å². The zero-order chi connectivity index (χ0) is 19.4. The molecule has 6 heteroatoms. The molecule has 0 spiro atoms. The summed E-state index contributed by atoms with van der Waals surface area (Å²) >= 11 is 6.00. The van der Waals surface area contributed by atoms with E-state index in [0.29, 0.717) is 10.8 Å². The number of rotatable bonds is 6. The highest BCUT2D eigenvalue weighted by atomic mass is 35.5. The minimum atomic E-state index is -0.392. The van der Waals surface area contributed by atoms with Crippen molar-refractivity contribution in [3.05, 3.63) is 82.4 Å². The van der Waals surface area contributed by atoms with Gasteiger partial charge < -0.3 is 14.6 Å². The monoisotopic (exact) mass is 383 g/mol. The van der Waals surface area contributed by atoms with Crippen molar-refractivity contribution >= 4 is 17.5 Å². The van der Waals surface area contributed by atoms with E-state index in [-0.39, 0.29) is 12.5 Å². The predicted molar refractivity (Wildman–Crippen MR) is 106 cm³/mol. The van der Waals surface area contributed by atoms with Gasteiger partial charge in [0.05, 0.1) is 0 Å². The molecule has 0 saturated heterocycles. The minimum absolute atomic E-state index is 0.0706. The Labute approximate surface area is 164 Å². The number of hydrogen-bond acceptors (Lipinski definition) is 3. The maximum absolute atomic E-state index is 12.6. The zero-order valence-electron chi connectivity index (χ0n) is 15.6. The van der Waals surface area contributed by atoms with E-state index in [1.54, 1.807) is 18.3 Å². The maximum Gasteiger partial charge on any atom is 0.258 e. The number of carbonyl (C=O) groups is 1. The van der Waals surface area contributed by atoms with Crippen molar-refractivity contribution in [3.8, 4) is 5.75 Å². The van der Waals surface area contributed by atoms with Crippen LogP contribution in [0.2, 0.25) is 5.02 Å². The van der Waals surface area contributed by atoms with Crippen LogP contribution in [0.5, 0.6) is 5.75 Å². The smallest absolute Gasteiger partial charge is 0.258 e. The number of benzene rings is 2. The van der Waals surface area contributed by atoms with E-state index in [1.165, 1.54) is 0 Å². The Hall–Kier alpha value is -2.79. The molecule has 0 saturated carbocycles. The van der Waals surface area contributed by atoms with E-state index >= 15 is 0 Å². The highest BCUT2D eigenvalue weighted by Gasteiger charge is 2.21. The lowest BCUT2D eigenvalue weighted by Gasteiger charge is -2.20. The van der Waals surface area contributed by atoms with Gasteiger partial charge >= 0.3 is 0 Å². The largest absolute Gasteiger partial charge is 0.483 e. The Balaban J connectivity index is 1.76. The van der Waals surface area contributed by atoms with Crippen molar-refractivity contribution < 1.29 is 9.53 Å². The van der Waals surface area contributed by atoms with Crippen LogP contribution in [0.25, 0.3) is 0 Å². The third kappa shape index (κ3) is 4.49. The number of aryl methyl sites for hydroxylation is 2. The summed E-state index contributed by atoms with van der Waals surface area (Å²) in [4.78, 5) is 17.0. The van der Waals surface area contributed by atoms with Crippen LogP contribution < -0.4 is 10.1 Å². The Morgan fingerprint density at radius 2 is 1.96 bits per heavy atom. The molecule has 1 atom stereocenters. The number of amides is 1. The Bertz CT molecular complexity index is 935. The molecule has 0 aliphatic heterocycles. The summed E-state index contributed by atoms with van der Waals surface area (Å²) in [6.45, 7) is 3.92. The molecule has 0 fully saturated rings. The van der Waals surface area contributed by atoms with Gasteiger partial charge in [0.1, 0.15) is 17.6 Å². The summed E-state index contributed by atoms with van der Waals surface area (Å²) < 4.78 is 7.60.